The number of ether oxygens (including phenoxy) is 3. The lowest BCUT2D eigenvalue weighted by atomic mass is 10.0. The molecule has 1 atom stereocenters. The topological polar surface area (TPSA) is 65.1 Å². The number of carbonyl (C=O) groups is 2. The van der Waals surface area contributed by atoms with Crippen LogP contribution in [0.15, 0.2) is 48.5 Å². The first-order valence-electron chi connectivity index (χ1n) is 9.63. The van der Waals surface area contributed by atoms with E-state index in [-0.39, 0.29) is 24.4 Å². The maximum absolute atomic E-state index is 12.9. The Bertz CT molecular complexity index is 926. The highest BCUT2D eigenvalue weighted by Gasteiger charge is 2.32. The molecule has 1 amide bonds. The maximum Gasteiger partial charge on any atom is 0.331 e. The Morgan fingerprint density at radius 3 is 2.60 bits per heavy atom. The van der Waals surface area contributed by atoms with E-state index in [4.69, 9.17) is 14.2 Å². The lowest BCUT2D eigenvalue weighted by molar-refractivity contribution is -0.148. The Balaban J connectivity index is 1.62. The number of rotatable bonds is 7. The van der Waals surface area contributed by atoms with Crippen LogP contribution in [0.4, 0.5) is 4.39 Å². The summed E-state index contributed by atoms with van der Waals surface area (Å²) in [6.45, 7) is 0.224. The van der Waals surface area contributed by atoms with Crippen molar-refractivity contribution in [2.45, 2.75) is 18.9 Å². The number of methoxy groups -OCH3 is 2. The van der Waals surface area contributed by atoms with Crippen LogP contribution in [0.25, 0.3) is 6.08 Å². The van der Waals surface area contributed by atoms with Crippen molar-refractivity contribution >= 4 is 18.0 Å². The average molecular weight is 413 g/mol. The minimum absolute atomic E-state index is 0.170. The summed E-state index contributed by atoms with van der Waals surface area (Å²) >= 11 is 0. The molecule has 1 fully saturated rings. The first-order chi connectivity index (χ1) is 14.5. The van der Waals surface area contributed by atoms with Gasteiger partial charge in [0, 0.05) is 18.2 Å². The molecular weight excluding hydrogens is 389 g/mol. The molecule has 1 aliphatic rings. The van der Waals surface area contributed by atoms with Crippen molar-refractivity contribution in [2.24, 2.45) is 0 Å². The number of hydrogen-bond donors (Lipinski definition) is 0. The number of esters is 1. The van der Waals surface area contributed by atoms with Crippen LogP contribution in [-0.4, -0.2) is 44.1 Å². The number of carbonyl (C=O) groups excluding carboxylic acids is 2. The molecule has 3 rings (SSSR count). The van der Waals surface area contributed by atoms with E-state index in [2.05, 4.69) is 0 Å². The SMILES string of the molecule is COc1ccc(OC)c([C@@H]2CCCN2C(=O)COC(=O)/C=C/c2ccc(F)cc2)c1. The van der Waals surface area contributed by atoms with Crippen molar-refractivity contribution in [1.82, 2.24) is 4.90 Å². The van der Waals surface area contributed by atoms with Gasteiger partial charge in [-0.3, -0.25) is 4.79 Å². The first kappa shape index (κ1) is 21.4. The fourth-order valence-electron chi connectivity index (χ4n) is 3.49. The summed E-state index contributed by atoms with van der Waals surface area (Å²) in [5, 5.41) is 0. The molecule has 2 aromatic rings. The lowest BCUT2D eigenvalue weighted by Crippen LogP contribution is -2.34. The van der Waals surface area contributed by atoms with Gasteiger partial charge in [0.1, 0.15) is 17.3 Å². The molecule has 30 heavy (non-hydrogen) atoms. The molecule has 0 unspecified atom stereocenters. The second-order valence-electron chi connectivity index (χ2n) is 6.85. The molecule has 0 spiro atoms. The number of amides is 1. The molecule has 0 bridgehead atoms. The fourth-order valence-corrected chi connectivity index (χ4v) is 3.49. The Hall–Kier alpha value is -3.35. The van der Waals surface area contributed by atoms with Crippen molar-refractivity contribution in [3.05, 3.63) is 65.5 Å². The number of likely N-dealkylation sites (tertiary alicyclic amines) is 1. The summed E-state index contributed by atoms with van der Waals surface area (Å²) < 4.78 is 28.8. The van der Waals surface area contributed by atoms with Gasteiger partial charge in [-0.25, -0.2) is 9.18 Å². The van der Waals surface area contributed by atoms with Crippen molar-refractivity contribution in [3.63, 3.8) is 0 Å². The van der Waals surface area contributed by atoms with Crippen molar-refractivity contribution in [3.8, 4) is 11.5 Å². The third-order valence-corrected chi connectivity index (χ3v) is 4.99. The summed E-state index contributed by atoms with van der Waals surface area (Å²) in [6, 6.07) is 11.0. The Morgan fingerprint density at radius 1 is 1.13 bits per heavy atom. The molecule has 0 N–H and O–H groups in total. The van der Waals surface area contributed by atoms with Gasteiger partial charge < -0.3 is 19.1 Å². The smallest absolute Gasteiger partial charge is 0.331 e. The van der Waals surface area contributed by atoms with E-state index >= 15 is 0 Å². The van der Waals surface area contributed by atoms with Crippen LogP contribution < -0.4 is 9.47 Å². The quantitative estimate of drug-likeness (QED) is 0.511. The summed E-state index contributed by atoms with van der Waals surface area (Å²) in [6.07, 6.45) is 4.35. The van der Waals surface area contributed by atoms with Gasteiger partial charge in [0.15, 0.2) is 6.61 Å². The molecule has 0 aromatic heterocycles. The van der Waals surface area contributed by atoms with E-state index in [1.807, 2.05) is 12.1 Å². The van der Waals surface area contributed by atoms with Gasteiger partial charge in [0.25, 0.3) is 5.91 Å². The van der Waals surface area contributed by atoms with E-state index in [0.29, 0.717) is 23.6 Å². The standard InChI is InChI=1S/C23H24FNO5/c1-28-18-10-11-21(29-2)19(14-18)20-4-3-13-25(20)22(26)15-30-23(27)12-7-16-5-8-17(24)9-6-16/h5-12,14,20H,3-4,13,15H2,1-2H3/b12-7+/t20-/m0/s1. The predicted molar refractivity (Wildman–Crippen MR) is 110 cm³/mol. The summed E-state index contributed by atoms with van der Waals surface area (Å²) in [5.41, 5.74) is 1.52. The summed E-state index contributed by atoms with van der Waals surface area (Å²) in [5.74, 6) is 0.101. The molecule has 0 radical (unpaired) electrons. The van der Waals surface area contributed by atoms with Gasteiger partial charge in [0.2, 0.25) is 0 Å². The number of hydrogen-bond acceptors (Lipinski definition) is 5. The minimum Gasteiger partial charge on any atom is -0.497 e. The Labute approximate surface area is 174 Å². The second kappa shape index (κ2) is 9.91. The monoisotopic (exact) mass is 413 g/mol. The van der Waals surface area contributed by atoms with Crippen molar-refractivity contribution in [1.29, 1.82) is 0 Å². The van der Waals surface area contributed by atoms with Crippen LogP contribution >= 0.6 is 0 Å². The molecule has 1 saturated heterocycles. The number of nitrogens with zero attached hydrogens (tertiary/aromatic N) is 1. The van der Waals surface area contributed by atoms with E-state index < -0.39 is 5.97 Å². The van der Waals surface area contributed by atoms with Gasteiger partial charge in [-0.05, 0) is 54.8 Å². The van der Waals surface area contributed by atoms with E-state index in [9.17, 15) is 14.0 Å². The van der Waals surface area contributed by atoms with Crippen LogP contribution in [0, 0.1) is 5.82 Å². The lowest BCUT2D eigenvalue weighted by Gasteiger charge is -2.26. The fraction of sp³-hybridized carbons (Fsp3) is 0.304. The third-order valence-electron chi connectivity index (χ3n) is 4.99. The third kappa shape index (κ3) is 5.17. The highest BCUT2D eigenvalue weighted by Crippen LogP contribution is 2.38. The van der Waals surface area contributed by atoms with Crippen LogP contribution in [0.1, 0.15) is 30.0 Å². The van der Waals surface area contributed by atoms with Gasteiger partial charge in [-0.2, -0.15) is 0 Å². The van der Waals surface area contributed by atoms with Gasteiger partial charge >= 0.3 is 5.97 Å². The zero-order valence-electron chi connectivity index (χ0n) is 17.0. The van der Waals surface area contributed by atoms with Crippen LogP contribution in [0.2, 0.25) is 0 Å². The normalized spacial score (nSPS) is 16.0. The molecule has 0 saturated carbocycles. The van der Waals surface area contributed by atoms with Crippen LogP contribution in [-0.2, 0) is 14.3 Å². The molecule has 0 aliphatic carbocycles. The van der Waals surface area contributed by atoms with Gasteiger partial charge in [-0.1, -0.05) is 12.1 Å². The van der Waals surface area contributed by atoms with Crippen LogP contribution in [0.5, 0.6) is 11.5 Å². The molecule has 6 nitrogen and oxygen atoms in total. The van der Waals surface area contributed by atoms with Crippen molar-refractivity contribution in [2.75, 3.05) is 27.4 Å². The van der Waals surface area contributed by atoms with Gasteiger partial charge in [0.05, 0.1) is 20.3 Å². The van der Waals surface area contributed by atoms with Crippen molar-refractivity contribution < 1.29 is 28.2 Å². The van der Waals surface area contributed by atoms with E-state index in [1.54, 1.807) is 37.3 Å². The van der Waals surface area contributed by atoms with E-state index in [1.165, 1.54) is 24.3 Å². The number of halogens is 1. The minimum atomic E-state index is -0.637. The first-order valence-corrected chi connectivity index (χ1v) is 9.63. The van der Waals surface area contributed by atoms with Gasteiger partial charge in [-0.15, -0.1) is 0 Å². The Kier molecular flexibility index (Phi) is 7.06. The molecule has 158 valence electrons. The average Bonchev–Trinajstić information content (AvgIpc) is 3.26. The number of benzene rings is 2. The zero-order valence-corrected chi connectivity index (χ0v) is 17.0. The highest BCUT2D eigenvalue weighted by molar-refractivity contribution is 5.89. The zero-order chi connectivity index (χ0) is 21.5. The Morgan fingerprint density at radius 2 is 1.90 bits per heavy atom. The second-order valence-corrected chi connectivity index (χ2v) is 6.85. The molecule has 7 heteroatoms. The summed E-state index contributed by atoms with van der Waals surface area (Å²) in [7, 11) is 3.17. The molecule has 1 heterocycles. The maximum atomic E-state index is 12.9. The van der Waals surface area contributed by atoms with E-state index in [0.717, 1.165) is 18.4 Å². The highest BCUT2D eigenvalue weighted by atomic mass is 19.1. The largest absolute Gasteiger partial charge is 0.497 e. The predicted octanol–water partition coefficient (Wildman–Crippen LogP) is 3.76. The molecule has 1 aliphatic heterocycles. The summed E-state index contributed by atoms with van der Waals surface area (Å²) in [4.78, 5) is 26.4. The molecular formula is C23H24FNO5. The molecule has 2 aromatic carbocycles. The van der Waals surface area contributed by atoms with Crippen LogP contribution in [0.3, 0.4) is 0 Å².